The Labute approximate surface area is 161 Å². The summed E-state index contributed by atoms with van der Waals surface area (Å²) >= 11 is 6.04. The molecule has 0 aliphatic carbocycles. The second-order valence-corrected chi connectivity index (χ2v) is 6.48. The molecule has 142 valence electrons. The van der Waals surface area contributed by atoms with Crippen molar-refractivity contribution in [1.29, 1.82) is 0 Å². The number of ether oxygens (including phenoxy) is 3. The van der Waals surface area contributed by atoms with Crippen LogP contribution in [0.1, 0.15) is 15.9 Å². The summed E-state index contributed by atoms with van der Waals surface area (Å²) in [5.74, 6) is 0.0464. The maximum absolute atomic E-state index is 12.8. The highest BCUT2D eigenvalue weighted by Gasteiger charge is 2.29. The second kappa shape index (κ2) is 7.75. The fourth-order valence-corrected chi connectivity index (χ4v) is 3.27. The first-order chi connectivity index (χ1) is 12.9. The van der Waals surface area contributed by atoms with E-state index in [4.69, 9.17) is 31.5 Å². The average Bonchev–Trinajstić information content (AvgIpc) is 2.66. The van der Waals surface area contributed by atoms with Gasteiger partial charge in [-0.3, -0.25) is 9.59 Å². The summed E-state index contributed by atoms with van der Waals surface area (Å²) in [7, 11) is 2.96. The minimum atomic E-state index is -0.702. The molecule has 0 unspecified atom stereocenters. The van der Waals surface area contributed by atoms with Gasteiger partial charge in [-0.15, -0.1) is 0 Å². The van der Waals surface area contributed by atoms with Crippen molar-refractivity contribution in [1.82, 2.24) is 0 Å². The normalized spacial score (nSPS) is 15.3. The Balaban J connectivity index is 1.83. The Morgan fingerprint density at radius 2 is 2.04 bits per heavy atom. The van der Waals surface area contributed by atoms with Crippen molar-refractivity contribution in [2.24, 2.45) is 11.7 Å². The number of halogens is 1. The summed E-state index contributed by atoms with van der Waals surface area (Å²) in [4.78, 5) is 24.4. The van der Waals surface area contributed by atoms with Gasteiger partial charge in [0.05, 0.1) is 31.4 Å². The lowest BCUT2D eigenvalue weighted by Gasteiger charge is -2.26. The zero-order valence-electron chi connectivity index (χ0n) is 14.9. The van der Waals surface area contributed by atoms with Gasteiger partial charge in [0, 0.05) is 5.02 Å². The van der Waals surface area contributed by atoms with Gasteiger partial charge in [0.25, 0.3) is 5.91 Å². The molecule has 0 bridgehead atoms. The number of anilines is 1. The van der Waals surface area contributed by atoms with Crippen LogP contribution in [0, 0.1) is 5.92 Å². The highest BCUT2D eigenvalue weighted by Crippen LogP contribution is 2.37. The van der Waals surface area contributed by atoms with Crippen LogP contribution in [0.4, 0.5) is 5.69 Å². The number of methoxy groups -OCH3 is 2. The summed E-state index contributed by atoms with van der Waals surface area (Å²) in [5.41, 5.74) is 6.62. The van der Waals surface area contributed by atoms with Crippen molar-refractivity contribution in [2.45, 2.75) is 6.42 Å². The maximum Gasteiger partial charge on any atom is 0.252 e. The third-order valence-electron chi connectivity index (χ3n) is 4.33. The standard InChI is InChI=1S/C19H19ClN2O5/c1-25-15-5-3-4-10-6-11(9-27-16(10)15)19(24)22-14-8-12(20)7-13(18(21)23)17(14)26-2/h3-5,7-8,11H,6,9H2,1-2H3,(H2,21,23)(H,22,24)/t11-/m0/s1. The van der Waals surface area contributed by atoms with E-state index in [0.29, 0.717) is 17.9 Å². The molecule has 7 nitrogen and oxygen atoms in total. The number of hydrogen-bond donors (Lipinski definition) is 2. The van der Waals surface area contributed by atoms with Crippen molar-refractivity contribution in [3.05, 3.63) is 46.5 Å². The fraction of sp³-hybridized carbons (Fsp3) is 0.263. The Kier molecular flexibility index (Phi) is 5.41. The first kappa shape index (κ1) is 18.8. The Bertz CT molecular complexity index is 900. The minimum absolute atomic E-state index is 0.0928. The van der Waals surface area contributed by atoms with Gasteiger partial charge in [0.1, 0.15) is 6.61 Å². The van der Waals surface area contributed by atoms with E-state index in [9.17, 15) is 9.59 Å². The zero-order valence-corrected chi connectivity index (χ0v) is 15.6. The molecule has 2 aromatic rings. The van der Waals surface area contributed by atoms with E-state index in [1.165, 1.54) is 19.2 Å². The molecule has 1 heterocycles. The molecule has 1 aliphatic heterocycles. The molecule has 3 rings (SSSR count). The monoisotopic (exact) mass is 390 g/mol. The van der Waals surface area contributed by atoms with Gasteiger partial charge in [0.15, 0.2) is 17.2 Å². The molecule has 0 aromatic heterocycles. The summed E-state index contributed by atoms with van der Waals surface area (Å²) in [5, 5.41) is 3.02. The van der Waals surface area contributed by atoms with Crippen LogP contribution in [-0.4, -0.2) is 32.6 Å². The first-order valence-corrected chi connectivity index (χ1v) is 8.59. The number of fused-ring (bicyclic) bond motifs is 1. The third kappa shape index (κ3) is 3.78. The van der Waals surface area contributed by atoms with Crippen LogP contribution in [0.5, 0.6) is 17.2 Å². The van der Waals surface area contributed by atoms with Crippen molar-refractivity contribution >= 4 is 29.1 Å². The molecule has 8 heteroatoms. The minimum Gasteiger partial charge on any atom is -0.494 e. The molecule has 2 amide bonds. The van der Waals surface area contributed by atoms with E-state index >= 15 is 0 Å². The number of nitrogens with one attached hydrogen (secondary N) is 1. The van der Waals surface area contributed by atoms with Crippen molar-refractivity contribution in [3.8, 4) is 17.2 Å². The van der Waals surface area contributed by atoms with Crippen molar-refractivity contribution in [3.63, 3.8) is 0 Å². The van der Waals surface area contributed by atoms with Crippen LogP contribution in [0.15, 0.2) is 30.3 Å². The maximum atomic E-state index is 12.8. The van der Waals surface area contributed by atoms with Crippen LogP contribution in [-0.2, 0) is 11.2 Å². The van der Waals surface area contributed by atoms with E-state index in [2.05, 4.69) is 5.32 Å². The highest BCUT2D eigenvalue weighted by molar-refractivity contribution is 6.31. The Morgan fingerprint density at radius 3 is 2.70 bits per heavy atom. The van der Waals surface area contributed by atoms with Gasteiger partial charge >= 0.3 is 0 Å². The molecule has 1 aliphatic rings. The van der Waals surface area contributed by atoms with Crippen molar-refractivity contribution in [2.75, 3.05) is 26.1 Å². The van der Waals surface area contributed by atoms with Crippen LogP contribution >= 0.6 is 11.6 Å². The fourth-order valence-electron chi connectivity index (χ4n) is 3.05. The zero-order chi connectivity index (χ0) is 19.6. The lowest BCUT2D eigenvalue weighted by molar-refractivity contribution is -0.121. The molecule has 0 fully saturated rings. The molecular formula is C19H19ClN2O5. The largest absolute Gasteiger partial charge is 0.494 e. The molecule has 0 radical (unpaired) electrons. The Hall–Kier alpha value is -2.93. The molecular weight excluding hydrogens is 372 g/mol. The molecule has 27 heavy (non-hydrogen) atoms. The molecule has 0 saturated carbocycles. The predicted octanol–water partition coefficient (Wildman–Crippen LogP) is 2.65. The summed E-state index contributed by atoms with van der Waals surface area (Å²) < 4.78 is 16.3. The number of carbonyl (C=O) groups is 2. The quantitative estimate of drug-likeness (QED) is 0.817. The van der Waals surface area contributed by atoms with E-state index in [1.54, 1.807) is 13.2 Å². The van der Waals surface area contributed by atoms with Gasteiger partial charge in [-0.1, -0.05) is 23.7 Å². The smallest absolute Gasteiger partial charge is 0.252 e. The number of carbonyl (C=O) groups excluding carboxylic acids is 2. The number of rotatable bonds is 5. The second-order valence-electron chi connectivity index (χ2n) is 6.05. The first-order valence-electron chi connectivity index (χ1n) is 8.21. The molecule has 2 aromatic carbocycles. The van der Waals surface area contributed by atoms with Gasteiger partial charge in [-0.2, -0.15) is 0 Å². The van der Waals surface area contributed by atoms with Gasteiger partial charge < -0.3 is 25.3 Å². The lowest BCUT2D eigenvalue weighted by Crippen LogP contribution is -2.33. The van der Waals surface area contributed by atoms with Crippen LogP contribution in [0.25, 0.3) is 0 Å². The Morgan fingerprint density at radius 1 is 1.26 bits per heavy atom. The summed E-state index contributed by atoms with van der Waals surface area (Å²) in [6.07, 6.45) is 0.490. The van der Waals surface area contributed by atoms with E-state index in [-0.39, 0.29) is 34.5 Å². The highest BCUT2D eigenvalue weighted by atomic mass is 35.5. The molecule has 1 atom stereocenters. The number of para-hydroxylation sites is 1. The van der Waals surface area contributed by atoms with Crippen LogP contribution in [0.2, 0.25) is 5.02 Å². The number of primary amides is 1. The van der Waals surface area contributed by atoms with Crippen LogP contribution in [0.3, 0.4) is 0 Å². The van der Waals surface area contributed by atoms with Gasteiger partial charge in [0.2, 0.25) is 5.91 Å². The SMILES string of the molecule is COc1cccc2c1OC[C@@H](C(=O)Nc1cc(Cl)cc(C(N)=O)c1OC)C2. The summed E-state index contributed by atoms with van der Waals surface area (Å²) in [6, 6.07) is 8.44. The van der Waals surface area contributed by atoms with E-state index in [1.807, 2.05) is 12.1 Å². The van der Waals surface area contributed by atoms with Gasteiger partial charge in [-0.05, 0) is 30.2 Å². The third-order valence-corrected chi connectivity index (χ3v) is 4.55. The number of nitrogens with two attached hydrogens (primary N) is 1. The topological polar surface area (TPSA) is 99.9 Å². The van der Waals surface area contributed by atoms with E-state index < -0.39 is 11.8 Å². The number of amides is 2. The summed E-state index contributed by atoms with van der Waals surface area (Å²) in [6.45, 7) is 0.199. The molecule has 0 spiro atoms. The number of hydrogen-bond acceptors (Lipinski definition) is 5. The van der Waals surface area contributed by atoms with Gasteiger partial charge in [-0.25, -0.2) is 0 Å². The molecule has 3 N–H and O–H groups in total. The molecule has 0 saturated heterocycles. The average molecular weight is 391 g/mol. The van der Waals surface area contributed by atoms with Crippen molar-refractivity contribution < 1.29 is 23.8 Å². The van der Waals surface area contributed by atoms with Crippen LogP contribution < -0.4 is 25.3 Å². The number of benzene rings is 2. The van der Waals surface area contributed by atoms with E-state index in [0.717, 1.165) is 5.56 Å². The lowest BCUT2D eigenvalue weighted by atomic mass is 9.95. The predicted molar refractivity (Wildman–Crippen MR) is 101 cm³/mol.